The summed E-state index contributed by atoms with van der Waals surface area (Å²) in [4.78, 5) is 3.84. The fourth-order valence-electron chi connectivity index (χ4n) is 1.36. The van der Waals surface area contributed by atoms with Crippen molar-refractivity contribution in [1.29, 1.82) is 0 Å². The molecule has 16 heavy (non-hydrogen) atoms. The van der Waals surface area contributed by atoms with Crippen molar-refractivity contribution in [3.8, 4) is 11.3 Å². The number of aromatic nitrogens is 3. The van der Waals surface area contributed by atoms with Crippen molar-refractivity contribution in [2.24, 2.45) is 0 Å². The van der Waals surface area contributed by atoms with E-state index in [2.05, 4.69) is 15.2 Å². The number of hydrogen-bond donors (Lipinski definition) is 2. The predicted molar refractivity (Wildman–Crippen MR) is 63.8 cm³/mol. The third-order valence-electron chi connectivity index (χ3n) is 2.11. The largest absolute Gasteiger partial charge is 0.382 e. The summed E-state index contributed by atoms with van der Waals surface area (Å²) in [5.74, 6) is 0.269. The van der Waals surface area contributed by atoms with Gasteiger partial charge in [-0.1, -0.05) is 23.2 Å². The Morgan fingerprint density at radius 1 is 1.19 bits per heavy atom. The van der Waals surface area contributed by atoms with Gasteiger partial charge in [-0.2, -0.15) is 4.98 Å². The van der Waals surface area contributed by atoms with Crippen LogP contribution in [0.15, 0.2) is 18.2 Å². The zero-order valence-corrected chi connectivity index (χ0v) is 9.36. The minimum atomic E-state index is 0.0463. The molecule has 4 N–H and O–H groups in total. The lowest BCUT2D eigenvalue weighted by Gasteiger charge is -2.06. The number of anilines is 2. The highest BCUT2D eigenvalue weighted by molar-refractivity contribution is 6.33. The second-order valence-electron chi connectivity index (χ2n) is 3.39. The number of aryl methyl sites for hydroxylation is 1. The van der Waals surface area contributed by atoms with Crippen molar-refractivity contribution < 1.29 is 0 Å². The minimum Gasteiger partial charge on any atom is -0.382 e. The van der Waals surface area contributed by atoms with Crippen LogP contribution in [0.1, 0.15) is 5.56 Å². The van der Waals surface area contributed by atoms with Crippen LogP contribution < -0.4 is 11.5 Å². The standard InChI is InChI=1S/C10H10ClN5/c1-5-2-3-7(11)6(4-5)8-9(12)14-10(13)16-15-8/h2-4H,1H3,(H4,12,13,14,16). The zero-order chi connectivity index (χ0) is 11.7. The summed E-state index contributed by atoms with van der Waals surface area (Å²) >= 11 is 6.06. The normalized spacial score (nSPS) is 10.4. The van der Waals surface area contributed by atoms with Crippen LogP contribution >= 0.6 is 11.6 Å². The molecule has 2 rings (SSSR count). The highest BCUT2D eigenvalue weighted by Gasteiger charge is 2.11. The maximum atomic E-state index is 6.06. The van der Waals surface area contributed by atoms with E-state index in [4.69, 9.17) is 23.1 Å². The molecule has 0 atom stereocenters. The van der Waals surface area contributed by atoms with E-state index in [0.717, 1.165) is 5.56 Å². The molecule has 6 heteroatoms. The van der Waals surface area contributed by atoms with Crippen molar-refractivity contribution in [2.45, 2.75) is 6.92 Å². The number of nitrogen functional groups attached to an aromatic ring is 2. The SMILES string of the molecule is Cc1ccc(Cl)c(-c2nnc(N)nc2N)c1. The minimum absolute atomic E-state index is 0.0463. The maximum absolute atomic E-state index is 6.06. The smallest absolute Gasteiger partial charge is 0.242 e. The molecule has 5 nitrogen and oxygen atoms in total. The third kappa shape index (κ3) is 1.90. The summed E-state index contributed by atoms with van der Waals surface area (Å²) in [6.07, 6.45) is 0. The van der Waals surface area contributed by atoms with Crippen LogP contribution in [-0.2, 0) is 0 Å². The number of benzene rings is 1. The summed E-state index contributed by atoms with van der Waals surface area (Å²) < 4.78 is 0. The molecule has 1 aromatic heterocycles. The lowest BCUT2D eigenvalue weighted by molar-refractivity contribution is 0.999. The average Bonchev–Trinajstić information content (AvgIpc) is 2.22. The Balaban J connectivity index is 2.62. The number of hydrogen-bond acceptors (Lipinski definition) is 5. The molecule has 0 amide bonds. The number of rotatable bonds is 1. The molecule has 0 saturated carbocycles. The lowest BCUT2D eigenvalue weighted by atomic mass is 10.1. The Morgan fingerprint density at radius 2 is 1.94 bits per heavy atom. The van der Waals surface area contributed by atoms with Crippen molar-refractivity contribution in [1.82, 2.24) is 15.2 Å². The molecule has 0 aliphatic rings. The highest BCUT2D eigenvalue weighted by atomic mass is 35.5. The quantitative estimate of drug-likeness (QED) is 0.785. The third-order valence-corrected chi connectivity index (χ3v) is 2.44. The zero-order valence-electron chi connectivity index (χ0n) is 8.61. The van der Waals surface area contributed by atoms with Crippen LogP contribution in [-0.4, -0.2) is 15.2 Å². The van der Waals surface area contributed by atoms with Gasteiger partial charge in [0.1, 0.15) is 5.69 Å². The Hall–Kier alpha value is -1.88. The Morgan fingerprint density at radius 3 is 2.62 bits per heavy atom. The van der Waals surface area contributed by atoms with Gasteiger partial charge in [-0.15, -0.1) is 10.2 Å². The van der Waals surface area contributed by atoms with Crippen molar-refractivity contribution in [3.63, 3.8) is 0 Å². The van der Waals surface area contributed by atoms with Gasteiger partial charge in [-0.05, 0) is 19.1 Å². The first-order chi connectivity index (χ1) is 7.58. The second kappa shape index (κ2) is 3.94. The molecule has 82 valence electrons. The van der Waals surface area contributed by atoms with Gasteiger partial charge in [0.05, 0.1) is 5.02 Å². The van der Waals surface area contributed by atoms with Gasteiger partial charge in [0.2, 0.25) is 5.95 Å². The summed E-state index contributed by atoms with van der Waals surface area (Å²) in [7, 11) is 0. The molecular weight excluding hydrogens is 226 g/mol. The predicted octanol–water partition coefficient (Wildman–Crippen LogP) is 1.66. The van der Waals surface area contributed by atoms with E-state index < -0.39 is 0 Å². The first kappa shape index (κ1) is 10.6. The van der Waals surface area contributed by atoms with E-state index in [1.807, 2.05) is 19.1 Å². The van der Waals surface area contributed by atoms with Crippen molar-refractivity contribution >= 4 is 23.4 Å². The molecule has 0 radical (unpaired) electrons. The summed E-state index contributed by atoms with van der Waals surface area (Å²) in [6.45, 7) is 1.95. The second-order valence-corrected chi connectivity index (χ2v) is 3.79. The molecule has 0 spiro atoms. The van der Waals surface area contributed by atoms with Gasteiger partial charge in [-0.3, -0.25) is 0 Å². The molecule has 0 aliphatic carbocycles. The van der Waals surface area contributed by atoms with Crippen molar-refractivity contribution in [3.05, 3.63) is 28.8 Å². The maximum Gasteiger partial charge on any atom is 0.242 e. The molecule has 1 aromatic carbocycles. The van der Waals surface area contributed by atoms with Crippen molar-refractivity contribution in [2.75, 3.05) is 11.5 Å². The van der Waals surface area contributed by atoms with E-state index in [-0.39, 0.29) is 11.8 Å². The molecule has 0 aliphatic heterocycles. The molecule has 0 bridgehead atoms. The molecule has 0 fully saturated rings. The molecule has 0 saturated heterocycles. The van der Waals surface area contributed by atoms with Gasteiger partial charge in [0.25, 0.3) is 0 Å². The first-order valence-electron chi connectivity index (χ1n) is 4.60. The van der Waals surface area contributed by atoms with E-state index >= 15 is 0 Å². The van der Waals surface area contributed by atoms with Crippen LogP contribution in [0.2, 0.25) is 5.02 Å². The van der Waals surface area contributed by atoms with Gasteiger partial charge in [-0.25, -0.2) is 0 Å². The number of halogens is 1. The van der Waals surface area contributed by atoms with E-state index in [1.165, 1.54) is 0 Å². The van der Waals surface area contributed by atoms with Crippen LogP contribution in [0.3, 0.4) is 0 Å². The number of nitrogens with two attached hydrogens (primary N) is 2. The van der Waals surface area contributed by atoms with Crippen LogP contribution in [0, 0.1) is 6.92 Å². The first-order valence-corrected chi connectivity index (χ1v) is 4.98. The van der Waals surface area contributed by atoms with Crippen LogP contribution in [0.4, 0.5) is 11.8 Å². The topological polar surface area (TPSA) is 90.7 Å². The van der Waals surface area contributed by atoms with Gasteiger partial charge in [0, 0.05) is 5.56 Å². The Kier molecular flexibility index (Phi) is 2.62. The summed E-state index contributed by atoms with van der Waals surface area (Å²) in [5, 5.41) is 8.12. The highest BCUT2D eigenvalue weighted by Crippen LogP contribution is 2.29. The van der Waals surface area contributed by atoms with E-state index in [9.17, 15) is 0 Å². The monoisotopic (exact) mass is 235 g/mol. The Bertz CT molecular complexity index is 541. The molecule has 2 aromatic rings. The lowest BCUT2D eigenvalue weighted by Crippen LogP contribution is -2.04. The van der Waals surface area contributed by atoms with E-state index in [1.54, 1.807) is 6.07 Å². The van der Waals surface area contributed by atoms with Gasteiger partial charge < -0.3 is 11.5 Å². The number of nitrogens with zero attached hydrogens (tertiary/aromatic N) is 3. The van der Waals surface area contributed by atoms with E-state index in [0.29, 0.717) is 16.3 Å². The van der Waals surface area contributed by atoms with Gasteiger partial charge in [0.15, 0.2) is 5.82 Å². The van der Waals surface area contributed by atoms with Crippen LogP contribution in [0.5, 0.6) is 0 Å². The average molecular weight is 236 g/mol. The van der Waals surface area contributed by atoms with Gasteiger partial charge >= 0.3 is 0 Å². The Labute approximate surface area is 97.5 Å². The molecule has 1 heterocycles. The molecular formula is C10H10ClN5. The fraction of sp³-hybridized carbons (Fsp3) is 0.100. The molecule has 0 unspecified atom stereocenters. The summed E-state index contributed by atoms with van der Waals surface area (Å²) in [6, 6.07) is 5.56. The fourth-order valence-corrected chi connectivity index (χ4v) is 1.57. The van der Waals surface area contributed by atoms with Crippen LogP contribution in [0.25, 0.3) is 11.3 Å². The summed E-state index contributed by atoms with van der Waals surface area (Å²) in [5.41, 5.74) is 13.3.